The minimum atomic E-state index is -2.75. The van der Waals surface area contributed by atoms with Crippen molar-refractivity contribution < 1.29 is 38.9 Å². The number of hydrogen-bond donors (Lipinski definition) is 3. The Bertz CT molecular complexity index is 1440. The normalized spacial score (nSPS) is 30.1. The van der Waals surface area contributed by atoms with E-state index < -0.39 is 64.4 Å². The van der Waals surface area contributed by atoms with Crippen molar-refractivity contribution in [3.63, 3.8) is 0 Å². The van der Waals surface area contributed by atoms with E-state index in [1.54, 1.807) is 39.7 Å². The Morgan fingerprint density at radius 3 is 2.54 bits per heavy atom. The van der Waals surface area contributed by atoms with Gasteiger partial charge in [-0.1, -0.05) is 6.07 Å². The first-order chi connectivity index (χ1) is 18.4. The standard InChI is InChI=1S/C28H29N3O8/c1-31(2)22-17-8-13-7-16-15(14-6-12(11-39-3)9-30-10-14)4-5-18(32)20(16)23(33)19(13)25(35)28(17,38)26(36)21(24(22)34)27(29)37/h4-6,9-10,13,17,19,21-22,32,38H,7-8,11H2,1-3H3,(H2,29,37). The average molecular weight is 536 g/mol. The number of phenolic OH excluding ortho intramolecular Hbond substituents is 1. The lowest BCUT2D eigenvalue weighted by Crippen LogP contribution is -2.74. The van der Waals surface area contributed by atoms with Gasteiger partial charge in [0, 0.05) is 31.0 Å². The largest absolute Gasteiger partial charge is 0.507 e. The predicted octanol–water partition coefficient (Wildman–Crippen LogP) is 0.0754. The summed E-state index contributed by atoms with van der Waals surface area (Å²) in [5.41, 5.74) is 5.18. The van der Waals surface area contributed by atoms with Crippen LogP contribution in [0.25, 0.3) is 11.1 Å². The summed E-state index contributed by atoms with van der Waals surface area (Å²) in [4.78, 5) is 72.1. The summed E-state index contributed by atoms with van der Waals surface area (Å²) in [7, 11) is 4.65. The number of aliphatic hydroxyl groups is 1. The Morgan fingerprint density at radius 1 is 1.18 bits per heavy atom. The number of Topliss-reactive ketones (excluding diaryl/α,β-unsaturated/α-hetero) is 4. The van der Waals surface area contributed by atoms with Crippen LogP contribution in [-0.4, -0.2) is 82.0 Å². The number of pyridine rings is 1. The van der Waals surface area contributed by atoms with Gasteiger partial charge in [0.2, 0.25) is 5.91 Å². The first-order valence-electron chi connectivity index (χ1n) is 12.6. The van der Waals surface area contributed by atoms with E-state index in [9.17, 15) is 34.2 Å². The molecule has 0 bridgehead atoms. The molecule has 1 amide bonds. The highest BCUT2D eigenvalue weighted by Crippen LogP contribution is 2.51. The Kier molecular flexibility index (Phi) is 6.48. The summed E-state index contributed by atoms with van der Waals surface area (Å²) < 4.78 is 5.20. The minimum absolute atomic E-state index is 0.0129. The lowest BCUT2D eigenvalue weighted by molar-refractivity contribution is -0.181. The quantitative estimate of drug-likeness (QED) is 0.444. The number of likely N-dealkylation sites (N-methyl/N-ethyl adjacent to an activating group) is 1. The minimum Gasteiger partial charge on any atom is -0.507 e. The number of ether oxygens (including phenoxy) is 1. The summed E-state index contributed by atoms with van der Waals surface area (Å²) in [6.45, 7) is 0.319. The van der Waals surface area contributed by atoms with Crippen LogP contribution < -0.4 is 5.73 Å². The van der Waals surface area contributed by atoms with Gasteiger partial charge >= 0.3 is 0 Å². The number of nitrogens with zero attached hydrogens (tertiary/aromatic N) is 2. The number of fused-ring (bicyclic) bond motifs is 3. The number of amides is 1. The molecule has 1 aromatic carbocycles. The highest BCUT2D eigenvalue weighted by atomic mass is 16.5. The van der Waals surface area contributed by atoms with Gasteiger partial charge in [0.05, 0.1) is 24.1 Å². The SMILES string of the molecule is COCc1cncc(-c2ccc(O)c3c2CC2CC4C(N(C)C)C(=O)C(C(N)=O)C(=O)C4(O)C(=O)C2C3=O)c1. The van der Waals surface area contributed by atoms with Gasteiger partial charge in [-0.15, -0.1) is 0 Å². The lowest BCUT2D eigenvalue weighted by Gasteiger charge is -2.52. The molecule has 0 saturated heterocycles. The molecule has 0 radical (unpaired) electrons. The van der Waals surface area contributed by atoms with Crippen molar-refractivity contribution in [3.8, 4) is 16.9 Å². The van der Waals surface area contributed by atoms with Crippen molar-refractivity contribution >= 4 is 29.0 Å². The number of phenols is 1. The molecule has 4 N–H and O–H groups in total. The predicted molar refractivity (Wildman–Crippen MR) is 135 cm³/mol. The number of primary amides is 1. The average Bonchev–Trinajstić information content (AvgIpc) is 2.86. The molecule has 39 heavy (non-hydrogen) atoms. The third kappa shape index (κ3) is 3.83. The van der Waals surface area contributed by atoms with Crippen molar-refractivity contribution in [2.75, 3.05) is 21.2 Å². The molecule has 3 aliphatic carbocycles. The Labute approximate surface area is 224 Å². The molecule has 2 fully saturated rings. The number of methoxy groups -OCH3 is 1. The zero-order valence-electron chi connectivity index (χ0n) is 21.7. The molecule has 6 atom stereocenters. The zero-order chi connectivity index (χ0) is 28.4. The van der Waals surface area contributed by atoms with Crippen molar-refractivity contribution in [2.45, 2.75) is 31.1 Å². The van der Waals surface area contributed by atoms with Gasteiger partial charge in [0.1, 0.15) is 5.75 Å². The van der Waals surface area contributed by atoms with Gasteiger partial charge in [0.25, 0.3) is 0 Å². The molecule has 11 heteroatoms. The molecule has 0 spiro atoms. The fourth-order valence-corrected chi connectivity index (χ4v) is 6.76. The van der Waals surface area contributed by atoms with Gasteiger partial charge in [-0.3, -0.25) is 33.9 Å². The topological polar surface area (TPSA) is 177 Å². The molecule has 6 unspecified atom stereocenters. The summed E-state index contributed by atoms with van der Waals surface area (Å²) in [6.07, 6.45) is 3.43. The Hall–Kier alpha value is -3.80. The molecule has 2 aromatic rings. The van der Waals surface area contributed by atoms with Gasteiger partial charge < -0.3 is 20.7 Å². The highest BCUT2D eigenvalue weighted by molar-refractivity contribution is 6.32. The molecular weight excluding hydrogens is 506 g/mol. The molecule has 0 aliphatic heterocycles. The molecule has 5 rings (SSSR count). The van der Waals surface area contributed by atoms with E-state index in [1.807, 2.05) is 6.07 Å². The smallest absolute Gasteiger partial charge is 0.235 e. The molecule has 1 aromatic heterocycles. The number of benzene rings is 1. The van der Waals surface area contributed by atoms with E-state index in [1.165, 1.54) is 11.0 Å². The second-order valence-electron chi connectivity index (χ2n) is 10.8. The summed E-state index contributed by atoms with van der Waals surface area (Å²) >= 11 is 0. The zero-order valence-corrected chi connectivity index (χ0v) is 21.7. The Balaban J connectivity index is 1.64. The van der Waals surface area contributed by atoms with E-state index >= 15 is 0 Å². The monoisotopic (exact) mass is 535 g/mol. The van der Waals surface area contributed by atoms with Crippen LogP contribution in [0.3, 0.4) is 0 Å². The second-order valence-corrected chi connectivity index (χ2v) is 10.8. The molecule has 11 nitrogen and oxygen atoms in total. The van der Waals surface area contributed by atoms with E-state index in [2.05, 4.69) is 4.98 Å². The van der Waals surface area contributed by atoms with Gasteiger partial charge in [-0.25, -0.2) is 0 Å². The number of ketones is 4. The van der Waals surface area contributed by atoms with E-state index in [0.29, 0.717) is 23.3 Å². The maximum atomic E-state index is 13.9. The van der Waals surface area contributed by atoms with Crippen LogP contribution in [0.1, 0.15) is 27.9 Å². The molecular formula is C28H29N3O8. The third-order valence-electron chi connectivity index (χ3n) is 8.36. The van der Waals surface area contributed by atoms with Gasteiger partial charge in [-0.05, 0) is 61.7 Å². The fraction of sp³-hybridized carbons (Fsp3) is 0.429. The number of nitrogens with two attached hydrogens (primary N) is 1. The fourth-order valence-electron chi connectivity index (χ4n) is 6.76. The van der Waals surface area contributed by atoms with E-state index in [-0.39, 0.29) is 24.2 Å². The van der Waals surface area contributed by atoms with Crippen LogP contribution in [0, 0.1) is 23.7 Å². The van der Waals surface area contributed by atoms with Gasteiger partial charge in [-0.2, -0.15) is 0 Å². The van der Waals surface area contributed by atoms with Gasteiger partial charge in [0.15, 0.2) is 34.7 Å². The molecule has 3 aliphatic rings. The first-order valence-corrected chi connectivity index (χ1v) is 12.6. The number of hydrogen-bond acceptors (Lipinski definition) is 10. The van der Waals surface area contributed by atoms with Crippen LogP contribution >= 0.6 is 0 Å². The number of rotatable bonds is 5. The molecule has 1 heterocycles. The van der Waals surface area contributed by atoms with Crippen molar-refractivity contribution in [3.05, 3.63) is 47.3 Å². The first kappa shape index (κ1) is 26.8. The van der Waals surface area contributed by atoms with Crippen molar-refractivity contribution in [2.24, 2.45) is 29.4 Å². The number of carbonyl (C=O) groups is 5. The van der Waals surface area contributed by atoms with Crippen molar-refractivity contribution in [1.29, 1.82) is 0 Å². The number of carbonyl (C=O) groups excluding carboxylic acids is 5. The maximum absolute atomic E-state index is 13.9. The van der Waals surface area contributed by atoms with Crippen LogP contribution in [0.4, 0.5) is 0 Å². The Morgan fingerprint density at radius 2 is 1.90 bits per heavy atom. The highest BCUT2D eigenvalue weighted by Gasteiger charge is 2.69. The van der Waals surface area contributed by atoms with Crippen LogP contribution in [0.15, 0.2) is 30.6 Å². The maximum Gasteiger partial charge on any atom is 0.235 e. The van der Waals surface area contributed by atoms with Crippen molar-refractivity contribution in [1.82, 2.24) is 9.88 Å². The lowest BCUT2D eigenvalue weighted by atomic mass is 9.52. The summed E-state index contributed by atoms with van der Waals surface area (Å²) in [6, 6.07) is 3.74. The third-order valence-corrected chi connectivity index (χ3v) is 8.36. The van der Waals surface area contributed by atoms with Crippen LogP contribution in [-0.2, 0) is 36.9 Å². The number of aromatic nitrogens is 1. The van der Waals surface area contributed by atoms with Crippen LogP contribution in [0.2, 0.25) is 0 Å². The second kappa shape index (κ2) is 9.44. The number of aromatic hydroxyl groups is 1. The molecule has 204 valence electrons. The van der Waals surface area contributed by atoms with E-state index in [4.69, 9.17) is 10.5 Å². The van der Waals surface area contributed by atoms with Crippen LogP contribution in [0.5, 0.6) is 5.75 Å². The summed E-state index contributed by atoms with van der Waals surface area (Å²) in [5.74, 6) is -10.7. The summed E-state index contributed by atoms with van der Waals surface area (Å²) in [5, 5.41) is 22.4. The molecule has 2 saturated carbocycles. The van der Waals surface area contributed by atoms with E-state index in [0.717, 1.165) is 5.56 Å².